The standard InChI is InChI=1S/C18H24N2O2/c1-13-7-9-15(10-8-13)19-18(22)14-11-17(21)20(12-14)16-5-3-2-4-6-16/h7-10,14,16H,2-6,11-12H2,1H3,(H,19,22). The van der Waals surface area contributed by atoms with Gasteiger partial charge in [-0.05, 0) is 31.9 Å². The van der Waals surface area contributed by atoms with Crippen LogP contribution in [0.2, 0.25) is 0 Å². The van der Waals surface area contributed by atoms with Crippen molar-refractivity contribution in [2.24, 2.45) is 5.92 Å². The van der Waals surface area contributed by atoms with E-state index in [-0.39, 0.29) is 17.7 Å². The molecular formula is C18H24N2O2. The molecule has 1 N–H and O–H groups in total. The average Bonchev–Trinajstić information content (AvgIpc) is 2.92. The maximum atomic E-state index is 12.4. The monoisotopic (exact) mass is 300 g/mol. The fraction of sp³-hybridized carbons (Fsp3) is 0.556. The van der Waals surface area contributed by atoms with Gasteiger partial charge < -0.3 is 10.2 Å². The van der Waals surface area contributed by atoms with E-state index >= 15 is 0 Å². The summed E-state index contributed by atoms with van der Waals surface area (Å²) in [5, 5.41) is 2.94. The highest BCUT2D eigenvalue weighted by Gasteiger charge is 2.38. The summed E-state index contributed by atoms with van der Waals surface area (Å²) in [6, 6.07) is 8.12. The van der Waals surface area contributed by atoms with E-state index in [0.717, 1.165) is 24.1 Å². The van der Waals surface area contributed by atoms with Gasteiger partial charge in [0.05, 0.1) is 5.92 Å². The molecule has 1 unspecified atom stereocenters. The van der Waals surface area contributed by atoms with E-state index in [2.05, 4.69) is 5.32 Å². The fourth-order valence-electron chi connectivity index (χ4n) is 3.53. The number of anilines is 1. The molecule has 1 atom stereocenters. The number of nitrogens with one attached hydrogen (secondary N) is 1. The normalized spacial score (nSPS) is 22.9. The number of likely N-dealkylation sites (tertiary alicyclic amines) is 1. The molecule has 118 valence electrons. The van der Waals surface area contributed by atoms with Crippen molar-refractivity contribution in [1.82, 2.24) is 4.90 Å². The van der Waals surface area contributed by atoms with Gasteiger partial charge in [0, 0.05) is 24.7 Å². The summed E-state index contributed by atoms with van der Waals surface area (Å²) in [5.74, 6) is -0.0952. The van der Waals surface area contributed by atoms with Crippen LogP contribution >= 0.6 is 0 Å². The minimum absolute atomic E-state index is 0.0319. The van der Waals surface area contributed by atoms with Gasteiger partial charge in [0.2, 0.25) is 11.8 Å². The maximum absolute atomic E-state index is 12.4. The number of nitrogens with zero attached hydrogens (tertiary/aromatic N) is 1. The molecule has 2 fully saturated rings. The summed E-state index contributed by atoms with van der Waals surface area (Å²) in [5.41, 5.74) is 1.97. The lowest BCUT2D eigenvalue weighted by atomic mass is 9.94. The highest BCUT2D eigenvalue weighted by atomic mass is 16.2. The van der Waals surface area contributed by atoms with Crippen LogP contribution in [0.3, 0.4) is 0 Å². The largest absolute Gasteiger partial charge is 0.339 e. The van der Waals surface area contributed by atoms with Gasteiger partial charge in [0.1, 0.15) is 0 Å². The van der Waals surface area contributed by atoms with Crippen molar-refractivity contribution >= 4 is 17.5 Å². The first-order valence-electron chi connectivity index (χ1n) is 8.30. The number of amides is 2. The van der Waals surface area contributed by atoms with Gasteiger partial charge in [0.15, 0.2) is 0 Å². The topological polar surface area (TPSA) is 49.4 Å². The number of hydrogen-bond donors (Lipinski definition) is 1. The van der Waals surface area contributed by atoms with E-state index in [9.17, 15) is 9.59 Å². The first-order chi connectivity index (χ1) is 10.6. The van der Waals surface area contributed by atoms with Gasteiger partial charge in [-0.25, -0.2) is 0 Å². The zero-order valence-electron chi connectivity index (χ0n) is 13.2. The van der Waals surface area contributed by atoms with E-state index in [0.29, 0.717) is 19.0 Å². The minimum atomic E-state index is -0.212. The zero-order valence-corrected chi connectivity index (χ0v) is 13.2. The molecular weight excluding hydrogens is 276 g/mol. The van der Waals surface area contributed by atoms with E-state index in [4.69, 9.17) is 0 Å². The number of carbonyl (C=O) groups excluding carboxylic acids is 2. The van der Waals surface area contributed by atoms with Crippen LogP contribution in [0.25, 0.3) is 0 Å². The molecule has 1 aliphatic carbocycles. The molecule has 0 aromatic heterocycles. The molecule has 1 saturated heterocycles. The van der Waals surface area contributed by atoms with E-state index < -0.39 is 0 Å². The Labute approximate surface area is 131 Å². The second-order valence-corrected chi connectivity index (χ2v) is 6.59. The molecule has 0 bridgehead atoms. The predicted molar refractivity (Wildman–Crippen MR) is 86.5 cm³/mol. The van der Waals surface area contributed by atoms with Crippen LogP contribution in [-0.4, -0.2) is 29.3 Å². The SMILES string of the molecule is Cc1ccc(NC(=O)C2CC(=O)N(C3CCCCC3)C2)cc1. The number of benzene rings is 1. The second-order valence-electron chi connectivity index (χ2n) is 6.59. The van der Waals surface area contributed by atoms with Crippen LogP contribution in [0.15, 0.2) is 24.3 Å². The lowest BCUT2D eigenvalue weighted by Gasteiger charge is -2.31. The molecule has 2 aliphatic rings. The molecule has 1 aliphatic heterocycles. The number of rotatable bonds is 3. The molecule has 1 aromatic rings. The minimum Gasteiger partial charge on any atom is -0.339 e. The smallest absolute Gasteiger partial charge is 0.229 e. The van der Waals surface area contributed by atoms with Crippen molar-refractivity contribution in [3.8, 4) is 0 Å². The summed E-state index contributed by atoms with van der Waals surface area (Å²) >= 11 is 0. The Morgan fingerprint density at radius 1 is 1.14 bits per heavy atom. The predicted octanol–water partition coefficient (Wildman–Crippen LogP) is 3.11. The Hall–Kier alpha value is -1.84. The van der Waals surface area contributed by atoms with Crippen molar-refractivity contribution < 1.29 is 9.59 Å². The van der Waals surface area contributed by atoms with Gasteiger partial charge in [-0.15, -0.1) is 0 Å². The Morgan fingerprint density at radius 2 is 1.82 bits per heavy atom. The third kappa shape index (κ3) is 3.32. The van der Waals surface area contributed by atoms with Gasteiger partial charge >= 0.3 is 0 Å². The Morgan fingerprint density at radius 3 is 2.50 bits per heavy atom. The highest BCUT2D eigenvalue weighted by Crippen LogP contribution is 2.29. The van der Waals surface area contributed by atoms with Crippen LogP contribution in [0.1, 0.15) is 44.1 Å². The van der Waals surface area contributed by atoms with Crippen molar-refractivity contribution in [2.45, 2.75) is 51.5 Å². The van der Waals surface area contributed by atoms with E-state index in [1.54, 1.807) is 0 Å². The molecule has 1 aromatic carbocycles. The summed E-state index contributed by atoms with van der Waals surface area (Å²) in [7, 11) is 0. The Bertz CT molecular complexity index is 547. The summed E-state index contributed by atoms with van der Waals surface area (Å²) in [6.07, 6.45) is 6.23. The molecule has 22 heavy (non-hydrogen) atoms. The molecule has 1 saturated carbocycles. The zero-order chi connectivity index (χ0) is 15.5. The van der Waals surface area contributed by atoms with Gasteiger partial charge in [-0.3, -0.25) is 9.59 Å². The maximum Gasteiger partial charge on any atom is 0.229 e. The average molecular weight is 300 g/mol. The van der Waals surface area contributed by atoms with Crippen LogP contribution < -0.4 is 5.32 Å². The quantitative estimate of drug-likeness (QED) is 0.932. The Balaban J connectivity index is 1.59. The van der Waals surface area contributed by atoms with Crippen molar-refractivity contribution in [2.75, 3.05) is 11.9 Å². The first-order valence-corrected chi connectivity index (χ1v) is 8.30. The number of hydrogen-bond acceptors (Lipinski definition) is 2. The van der Waals surface area contributed by atoms with Gasteiger partial charge in [-0.1, -0.05) is 37.0 Å². The lowest BCUT2D eigenvalue weighted by molar-refractivity contribution is -0.130. The molecule has 4 heteroatoms. The third-order valence-electron chi connectivity index (χ3n) is 4.86. The summed E-state index contributed by atoms with van der Waals surface area (Å²) in [6.45, 7) is 2.60. The lowest BCUT2D eigenvalue weighted by Crippen LogP contribution is -2.38. The first kappa shape index (κ1) is 15.1. The van der Waals surface area contributed by atoms with Crippen LogP contribution in [0.4, 0.5) is 5.69 Å². The molecule has 1 heterocycles. The second kappa shape index (κ2) is 6.51. The number of carbonyl (C=O) groups is 2. The third-order valence-corrected chi connectivity index (χ3v) is 4.86. The fourth-order valence-corrected chi connectivity index (χ4v) is 3.53. The van der Waals surface area contributed by atoms with Crippen LogP contribution in [0, 0.1) is 12.8 Å². The van der Waals surface area contributed by atoms with Crippen LogP contribution in [-0.2, 0) is 9.59 Å². The summed E-state index contributed by atoms with van der Waals surface area (Å²) < 4.78 is 0. The summed E-state index contributed by atoms with van der Waals surface area (Å²) in [4.78, 5) is 26.6. The van der Waals surface area contributed by atoms with E-state index in [1.807, 2.05) is 36.1 Å². The van der Waals surface area contributed by atoms with Crippen molar-refractivity contribution in [3.05, 3.63) is 29.8 Å². The molecule has 2 amide bonds. The molecule has 0 radical (unpaired) electrons. The Kier molecular flexibility index (Phi) is 4.46. The molecule has 4 nitrogen and oxygen atoms in total. The number of aryl methyl sites for hydroxylation is 1. The highest BCUT2D eigenvalue weighted by molar-refractivity contribution is 5.97. The van der Waals surface area contributed by atoms with Crippen molar-refractivity contribution in [3.63, 3.8) is 0 Å². The van der Waals surface area contributed by atoms with Crippen LogP contribution in [0.5, 0.6) is 0 Å². The molecule has 3 rings (SSSR count). The van der Waals surface area contributed by atoms with Crippen molar-refractivity contribution in [1.29, 1.82) is 0 Å². The molecule has 0 spiro atoms. The van der Waals surface area contributed by atoms with Gasteiger partial charge in [0.25, 0.3) is 0 Å². The van der Waals surface area contributed by atoms with Gasteiger partial charge in [-0.2, -0.15) is 0 Å². The van der Waals surface area contributed by atoms with E-state index in [1.165, 1.54) is 19.3 Å².